The SMILES string of the molecule is COc1ccc(CC(C)N)[13cH]c1. The van der Waals surface area contributed by atoms with Gasteiger partial charge in [0.05, 0.1) is 7.11 Å². The molecule has 0 aliphatic carbocycles. The molecule has 0 aromatic heterocycles. The summed E-state index contributed by atoms with van der Waals surface area (Å²) in [6, 6.07) is 8.22. The Morgan fingerprint density at radius 3 is 2.33 bits per heavy atom. The van der Waals surface area contributed by atoms with Crippen LogP contribution >= 0.6 is 0 Å². The Morgan fingerprint density at radius 1 is 1.33 bits per heavy atom. The highest BCUT2D eigenvalue weighted by atomic mass is 16.5. The Kier molecular flexibility index (Phi) is 3.11. The number of ether oxygens (including phenoxy) is 1. The number of rotatable bonds is 3. The molecule has 0 heterocycles. The summed E-state index contributed by atoms with van der Waals surface area (Å²) in [5.74, 6) is 0.892. The highest BCUT2D eigenvalue weighted by molar-refractivity contribution is 5.27. The van der Waals surface area contributed by atoms with E-state index in [0.717, 1.165) is 12.2 Å². The highest BCUT2D eigenvalue weighted by Crippen LogP contribution is 2.11. The molecule has 2 nitrogen and oxygen atoms in total. The number of nitrogens with two attached hydrogens (primary N) is 1. The van der Waals surface area contributed by atoms with Gasteiger partial charge in [0.25, 0.3) is 0 Å². The van der Waals surface area contributed by atoms with Crippen LogP contribution in [0.25, 0.3) is 0 Å². The van der Waals surface area contributed by atoms with Crippen LogP contribution in [-0.4, -0.2) is 13.2 Å². The van der Waals surface area contributed by atoms with Gasteiger partial charge in [-0.15, -0.1) is 0 Å². The quantitative estimate of drug-likeness (QED) is 0.740. The van der Waals surface area contributed by atoms with Crippen molar-refractivity contribution in [1.29, 1.82) is 0 Å². The van der Waals surface area contributed by atoms with Gasteiger partial charge in [0.15, 0.2) is 0 Å². The van der Waals surface area contributed by atoms with Crippen molar-refractivity contribution in [2.45, 2.75) is 19.4 Å². The first kappa shape index (κ1) is 9.07. The lowest BCUT2D eigenvalue weighted by Crippen LogP contribution is -2.17. The molecule has 0 saturated carbocycles. The maximum Gasteiger partial charge on any atom is 0.118 e. The Hall–Kier alpha value is -1.02. The Balaban J connectivity index is 2.65. The lowest BCUT2D eigenvalue weighted by molar-refractivity contribution is 0.414. The van der Waals surface area contributed by atoms with E-state index in [1.807, 2.05) is 31.2 Å². The molecule has 1 atom stereocenters. The van der Waals surface area contributed by atoms with Gasteiger partial charge in [-0.3, -0.25) is 0 Å². The van der Waals surface area contributed by atoms with Crippen molar-refractivity contribution in [2.24, 2.45) is 5.73 Å². The molecule has 0 amide bonds. The molecule has 66 valence electrons. The molecule has 1 aromatic rings. The average Bonchev–Trinajstić information content (AvgIpc) is 2.05. The number of hydrogen-bond donors (Lipinski definition) is 1. The van der Waals surface area contributed by atoms with Crippen molar-refractivity contribution in [1.82, 2.24) is 0 Å². The predicted molar refractivity (Wildman–Crippen MR) is 50.3 cm³/mol. The smallest absolute Gasteiger partial charge is 0.118 e. The van der Waals surface area contributed by atoms with Crippen LogP contribution in [0.1, 0.15) is 12.5 Å². The van der Waals surface area contributed by atoms with Crippen LogP contribution in [0.4, 0.5) is 0 Å². The largest absolute Gasteiger partial charge is 0.497 e. The third kappa shape index (κ3) is 2.55. The van der Waals surface area contributed by atoms with Crippen molar-refractivity contribution in [3.8, 4) is 5.75 Å². The van der Waals surface area contributed by atoms with Crippen LogP contribution in [0.2, 0.25) is 0 Å². The zero-order chi connectivity index (χ0) is 8.97. The third-order valence-electron chi connectivity index (χ3n) is 1.72. The average molecular weight is 166 g/mol. The van der Waals surface area contributed by atoms with Crippen LogP contribution < -0.4 is 10.5 Å². The van der Waals surface area contributed by atoms with E-state index in [2.05, 4.69) is 0 Å². The summed E-state index contributed by atoms with van der Waals surface area (Å²) in [7, 11) is 1.67. The minimum absolute atomic E-state index is 0.221. The molecule has 1 unspecified atom stereocenters. The van der Waals surface area contributed by atoms with Gasteiger partial charge in [-0.1, -0.05) is 12.1 Å². The molecule has 0 spiro atoms. The van der Waals surface area contributed by atoms with E-state index in [9.17, 15) is 0 Å². The molecule has 0 aliphatic rings. The predicted octanol–water partition coefficient (Wildman–Crippen LogP) is 1.58. The molecule has 2 heteroatoms. The summed E-state index contributed by atoms with van der Waals surface area (Å²) < 4.78 is 5.04. The summed E-state index contributed by atoms with van der Waals surface area (Å²) in [5.41, 5.74) is 6.92. The van der Waals surface area contributed by atoms with Gasteiger partial charge in [-0.2, -0.15) is 0 Å². The van der Waals surface area contributed by atoms with Crippen LogP contribution in [-0.2, 0) is 6.42 Å². The molecule has 0 radical (unpaired) electrons. The van der Waals surface area contributed by atoms with Crippen molar-refractivity contribution in [2.75, 3.05) is 7.11 Å². The van der Waals surface area contributed by atoms with Gasteiger partial charge in [0, 0.05) is 6.04 Å². The van der Waals surface area contributed by atoms with E-state index in [0.29, 0.717) is 0 Å². The fourth-order valence-corrected chi connectivity index (χ4v) is 1.13. The van der Waals surface area contributed by atoms with E-state index in [4.69, 9.17) is 10.5 Å². The molecule has 2 N–H and O–H groups in total. The lowest BCUT2D eigenvalue weighted by Gasteiger charge is -2.05. The molecule has 0 saturated heterocycles. The first-order chi connectivity index (χ1) is 5.72. The van der Waals surface area contributed by atoms with E-state index in [-0.39, 0.29) is 6.04 Å². The Labute approximate surface area is 73.3 Å². The Morgan fingerprint density at radius 2 is 1.92 bits per heavy atom. The Bertz CT molecular complexity index is 228. The zero-order valence-corrected chi connectivity index (χ0v) is 7.58. The van der Waals surface area contributed by atoms with E-state index < -0.39 is 0 Å². The van der Waals surface area contributed by atoms with E-state index in [1.54, 1.807) is 7.11 Å². The van der Waals surface area contributed by atoms with E-state index in [1.165, 1.54) is 5.56 Å². The summed E-state index contributed by atoms with van der Waals surface area (Å²) in [5, 5.41) is 0. The number of methoxy groups -OCH3 is 1. The maximum absolute atomic E-state index is 5.66. The summed E-state index contributed by atoms with van der Waals surface area (Å²) in [6.07, 6.45) is 0.921. The molecule has 1 aromatic carbocycles. The summed E-state index contributed by atoms with van der Waals surface area (Å²) in [4.78, 5) is 0. The molecule has 0 bridgehead atoms. The minimum Gasteiger partial charge on any atom is -0.497 e. The number of hydrogen-bond acceptors (Lipinski definition) is 2. The second-order valence-corrected chi connectivity index (χ2v) is 3.03. The van der Waals surface area contributed by atoms with Crippen LogP contribution in [0, 0.1) is 0 Å². The van der Waals surface area contributed by atoms with Crippen molar-refractivity contribution < 1.29 is 4.74 Å². The maximum atomic E-state index is 5.66. The highest BCUT2D eigenvalue weighted by Gasteiger charge is 1.97. The van der Waals surface area contributed by atoms with Gasteiger partial charge >= 0.3 is 0 Å². The van der Waals surface area contributed by atoms with Crippen molar-refractivity contribution >= 4 is 0 Å². The molecule has 0 aliphatic heterocycles. The van der Waals surface area contributed by atoms with Crippen molar-refractivity contribution in [3.63, 3.8) is 0 Å². The standard InChI is InChI=1S/C10H15NO/c1-8(11)7-9-3-5-10(12-2)6-4-9/h3-6,8H,7,11H2,1-2H3/i3+1. The fraction of sp³-hybridized carbons (Fsp3) is 0.400. The van der Waals surface area contributed by atoms with Gasteiger partial charge in [0.2, 0.25) is 0 Å². The summed E-state index contributed by atoms with van der Waals surface area (Å²) in [6.45, 7) is 2.00. The van der Waals surface area contributed by atoms with Gasteiger partial charge in [-0.25, -0.2) is 0 Å². The van der Waals surface area contributed by atoms with E-state index >= 15 is 0 Å². The normalized spacial score (nSPS) is 12.6. The first-order valence-electron chi connectivity index (χ1n) is 4.11. The monoisotopic (exact) mass is 166 g/mol. The van der Waals surface area contributed by atoms with Crippen LogP contribution in [0.3, 0.4) is 0 Å². The third-order valence-corrected chi connectivity index (χ3v) is 1.72. The lowest BCUT2D eigenvalue weighted by atomic mass is 10.1. The van der Waals surface area contributed by atoms with Crippen LogP contribution in [0.15, 0.2) is 24.3 Å². The zero-order valence-electron chi connectivity index (χ0n) is 7.58. The van der Waals surface area contributed by atoms with Crippen molar-refractivity contribution in [3.05, 3.63) is 29.8 Å². The van der Waals surface area contributed by atoms with Crippen LogP contribution in [0.5, 0.6) is 5.75 Å². The van der Waals surface area contributed by atoms with Gasteiger partial charge < -0.3 is 10.5 Å². The topological polar surface area (TPSA) is 35.2 Å². The second-order valence-electron chi connectivity index (χ2n) is 3.03. The van der Waals surface area contributed by atoms with Gasteiger partial charge in [-0.05, 0) is 31.0 Å². The van der Waals surface area contributed by atoms with Gasteiger partial charge in [0.1, 0.15) is 5.75 Å². The first-order valence-corrected chi connectivity index (χ1v) is 4.11. The minimum atomic E-state index is 0.221. The summed E-state index contributed by atoms with van der Waals surface area (Å²) >= 11 is 0. The molecule has 1 rings (SSSR count). The molecule has 12 heavy (non-hydrogen) atoms. The second kappa shape index (κ2) is 4.12. The molecular weight excluding hydrogens is 151 g/mol. The molecule has 0 fully saturated rings. The molecular formula is C10H15NO. The number of benzene rings is 1. The fourth-order valence-electron chi connectivity index (χ4n) is 1.13.